The fourth-order valence-electron chi connectivity index (χ4n) is 7.27. The normalized spacial score (nSPS) is 25.6. The first-order valence-corrected chi connectivity index (χ1v) is 18.9. The quantitative estimate of drug-likeness (QED) is 0.308. The number of esters is 1. The Kier molecular flexibility index (Phi) is 13.3. The highest BCUT2D eigenvalue weighted by Crippen LogP contribution is 2.25. The third kappa shape index (κ3) is 9.60. The second kappa shape index (κ2) is 17.9. The van der Waals surface area contributed by atoms with Crippen LogP contribution in [0.15, 0.2) is 42.5 Å². The molecule has 3 aliphatic heterocycles. The molecule has 302 valence electrons. The second-order valence-electron chi connectivity index (χ2n) is 14.5. The molecule has 3 fully saturated rings. The predicted molar refractivity (Wildman–Crippen MR) is 199 cm³/mol. The largest absolute Gasteiger partial charge is 0.458 e. The monoisotopic (exact) mass is 781 g/mol. The lowest BCUT2D eigenvalue weighted by Crippen LogP contribution is -2.62. The van der Waals surface area contributed by atoms with Gasteiger partial charge in [-0.2, -0.15) is 0 Å². The van der Waals surface area contributed by atoms with Gasteiger partial charge < -0.3 is 40.7 Å². The van der Waals surface area contributed by atoms with Gasteiger partial charge in [-0.1, -0.05) is 19.1 Å². The fraction of sp³-hybridized carbons (Fsp3) is 0.513. The average Bonchev–Trinajstić information content (AvgIpc) is 3.86. The van der Waals surface area contributed by atoms with E-state index in [2.05, 4.69) is 21.3 Å². The summed E-state index contributed by atoms with van der Waals surface area (Å²) in [7, 11) is 1.41. The summed E-state index contributed by atoms with van der Waals surface area (Å²) < 4.78 is 34.3. The van der Waals surface area contributed by atoms with Gasteiger partial charge >= 0.3 is 12.0 Å². The average molecular weight is 782 g/mol. The molecule has 5 rings (SSSR count). The van der Waals surface area contributed by atoms with Crippen molar-refractivity contribution in [2.45, 2.75) is 109 Å². The van der Waals surface area contributed by atoms with Crippen molar-refractivity contribution < 1.29 is 47.1 Å². The lowest BCUT2D eigenvalue weighted by atomic mass is 10.0. The van der Waals surface area contributed by atoms with Crippen molar-refractivity contribution in [3.8, 4) is 0 Å². The van der Waals surface area contributed by atoms with Gasteiger partial charge in [-0.15, -0.1) is 0 Å². The third-order valence-corrected chi connectivity index (χ3v) is 10.6. The number of carbonyl (C=O) groups is 7. The van der Waals surface area contributed by atoms with Crippen LogP contribution in [0.4, 0.5) is 19.3 Å². The summed E-state index contributed by atoms with van der Waals surface area (Å²) >= 11 is 0. The Hall–Kier alpha value is -5.61. The Morgan fingerprint density at radius 3 is 2.09 bits per heavy atom. The van der Waals surface area contributed by atoms with E-state index in [-0.39, 0.29) is 31.5 Å². The van der Waals surface area contributed by atoms with Crippen LogP contribution in [-0.2, 0) is 46.3 Å². The highest BCUT2D eigenvalue weighted by Gasteiger charge is 2.45. The van der Waals surface area contributed by atoms with E-state index >= 15 is 0 Å². The number of halogens is 2. The predicted octanol–water partition coefficient (Wildman–Crippen LogP) is 2.02. The van der Waals surface area contributed by atoms with Gasteiger partial charge in [0.05, 0.1) is 0 Å². The van der Waals surface area contributed by atoms with Crippen LogP contribution in [0.5, 0.6) is 0 Å². The number of fused-ring (bicyclic) bond motifs is 2. The molecule has 7 amide bonds. The summed E-state index contributed by atoms with van der Waals surface area (Å²) in [5, 5.41) is 10.4. The molecule has 17 heteroatoms. The lowest BCUT2D eigenvalue weighted by molar-refractivity contribution is -0.162. The maximum atomic E-state index is 14.5. The number of ether oxygens (including phenoxy) is 1. The number of anilines is 1. The second-order valence-corrected chi connectivity index (χ2v) is 14.5. The molecule has 0 radical (unpaired) electrons. The van der Waals surface area contributed by atoms with Gasteiger partial charge in [0.2, 0.25) is 29.5 Å². The van der Waals surface area contributed by atoms with E-state index in [9.17, 15) is 42.3 Å². The highest BCUT2D eigenvalue weighted by molar-refractivity contribution is 5.98. The van der Waals surface area contributed by atoms with Crippen LogP contribution in [0.3, 0.4) is 0 Å². The Labute approximate surface area is 323 Å². The van der Waals surface area contributed by atoms with E-state index in [1.165, 1.54) is 42.5 Å². The molecule has 2 unspecified atom stereocenters. The third-order valence-electron chi connectivity index (χ3n) is 10.6. The first-order valence-electron chi connectivity index (χ1n) is 18.9. The summed E-state index contributed by atoms with van der Waals surface area (Å²) in [5.74, 6) is -6.12. The maximum absolute atomic E-state index is 14.5. The molecule has 7 atom stereocenters. The van der Waals surface area contributed by atoms with Crippen LogP contribution in [0.1, 0.15) is 64.5 Å². The molecule has 0 aliphatic carbocycles. The van der Waals surface area contributed by atoms with Crippen molar-refractivity contribution in [3.05, 3.63) is 65.2 Å². The van der Waals surface area contributed by atoms with Crippen LogP contribution >= 0.6 is 0 Å². The van der Waals surface area contributed by atoms with Gasteiger partial charge in [0.1, 0.15) is 54.0 Å². The minimum absolute atomic E-state index is 0.0191. The van der Waals surface area contributed by atoms with Crippen molar-refractivity contribution in [2.24, 2.45) is 0 Å². The van der Waals surface area contributed by atoms with Crippen LogP contribution < -0.4 is 21.3 Å². The number of aryl methyl sites for hydroxylation is 1. The van der Waals surface area contributed by atoms with Crippen LogP contribution in [0.25, 0.3) is 0 Å². The summed E-state index contributed by atoms with van der Waals surface area (Å²) in [4.78, 5) is 99.9. The number of carbonyl (C=O) groups excluding carboxylic acids is 7. The molecule has 2 aromatic carbocycles. The van der Waals surface area contributed by atoms with Gasteiger partial charge in [0.25, 0.3) is 0 Å². The molecule has 3 saturated heterocycles. The van der Waals surface area contributed by atoms with Gasteiger partial charge in [-0.3, -0.25) is 24.0 Å². The number of cyclic esters (lactones) is 1. The fourth-order valence-corrected chi connectivity index (χ4v) is 7.27. The molecule has 56 heavy (non-hydrogen) atoms. The van der Waals surface area contributed by atoms with Crippen molar-refractivity contribution >= 4 is 47.2 Å². The van der Waals surface area contributed by atoms with Gasteiger partial charge in [0.15, 0.2) is 0 Å². The van der Waals surface area contributed by atoms with E-state index in [1.807, 2.05) is 19.1 Å². The maximum Gasteiger partial charge on any atom is 0.329 e. The van der Waals surface area contributed by atoms with Gasteiger partial charge in [0, 0.05) is 38.3 Å². The van der Waals surface area contributed by atoms with Crippen molar-refractivity contribution in [3.63, 3.8) is 0 Å². The number of nitrogens with zero attached hydrogens (tertiary/aromatic N) is 3. The number of urea groups is 1. The smallest absolute Gasteiger partial charge is 0.329 e. The molecule has 0 aromatic heterocycles. The van der Waals surface area contributed by atoms with E-state index in [0.717, 1.165) is 24.1 Å². The van der Waals surface area contributed by atoms with E-state index in [0.29, 0.717) is 24.6 Å². The zero-order valence-corrected chi connectivity index (χ0v) is 32.1. The zero-order chi connectivity index (χ0) is 40.8. The molecular formula is C39H49F2N7O8. The topological polar surface area (TPSA) is 187 Å². The number of benzene rings is 2. The van der Waals surface area contributed by atoms with Gasteiger partial charge in [-0.05, 0) is 88.3 Å². The number of hydrogen-bond acceptors (Lipinski definition) is 8. The minimum Gasteiger partial charge on any atom is -0.458 e. The number of rotatable bonds is 7. The highest BCUT2D eigenvalue weighted by atomic mass is 19.1. The molecule has 3 aliphatic rings. The van der Waals surface area contributed by atoms with E-state index in [1.54, 1.807) is 12.1 Å². The summed E-state index contributed by atoms with van der Waals surface area (Å²) in [5.41, 5.74) is 1.44. The summed E-state index contributed by atoms with van der Waals surface area (Å²) in [6, 6.07) is 1.48. The molecule has 15 nitrogen and oxygen atoms in total. The minimum atomic E-state index is -1.62. The molecular weight excluding hydrogens is 732 g/mol. The van der Waals surface area contributed by atoms with E-state index in [4.69, 9.17) is 4.74 Å². The van der Waals surface area contributed by atoms with Crippen molar-refractivity contribution in [2.75, 3.05) is 25.5 Å². The first kappa shape index (κ1) is 41.6. The summed E-state index contributed by atoms with van der Waals surface area (Å²) in [6.07, 6.45) is 0.334. The SMILES string of the molecule is CCc1ccc(NC(=O)N[C@@H](Cc2cc(F)cc(F)c2)C(=O)N[C@@H]2C(=O)N3CCCC3C(=O)N(C)[C@@H](C)C(=O)N[C@@H](C)C(=O)N3CCCC3C(=O)O[C@H]2C)cc1. The number of nitrogens with one attached hydrogen (secondary N) is 4. The Morgan fingerprint density at radius 2 is 1.46 bits per heavy atom. The molecule has 0 spiro atoms. The van der Waals surface area contributed by atoms with Crippen LogP contribution in [0.2, 0.25) is 0 Å². The Balaban J connectivity index is 1.48. The van der Waals surface area contributed by atoms with Crippen molar-refractivity contribution in [1.29, 1.82) is 0 Å². The first-order chi connectivity index (χ1) is 26.6. The van der Waals surface area contributed by atoms with Crippen LogP contribution in [0, 0.1) is 11.6 Å². The van der Waals surface area contributed by atoms with Crippen molar-refractivity contribution in [1.82, 2.24) is 30.7 Å². The Morgan fingerprint density at radius 1 is 0.857 bits per heavy atom. The number of hydrogen-bond donors (Lipinski definition) is 4. The number of likely N-dealkylation sites (N-methyl/N-ethyl adjacent to an activating group) is 1. The van der Waals surface area contributed by atoms with Gasteiger partial charge in [-0.25, -0.2) is 18.4 Å². The Bertz CT molecular complexity index is 1830. The molecule has 0 saturated carbocycles. The summed E-state index contributed by atoms with van der Waals surface area (Å²) in [6.45, 7) is 6.63. The molecule has 2 aromatic rings. The molecule has 4 N–H and O–H groups in total. The lowest BCUT2D eigenvalue weighted by Gasteiger charge is -2.36. The van der Waals surface area contributed by atoms with Crippen LogP contribution in [-0.4, -0.2) is 119 Å². The molecule has 3 heterocycles. The standard InChI is InChI=1S/C39H49F2N7O8/c1-6-24-11-13-28(14-12-24)43-39(55)44-29(19-25-17-26(40)20-27(41)18-25)34(50)45-32-23(4)56-38(54)31-10-8-16-48(31)35(51)21(2)42-33(49)22(3)46(5)36(52)30-9-7-15-47(30)37(32)53/h11-14,17-18,20-23,29-32H,6-10,15-16,19H2,1-5H3,(H,42,49)(H,45,50)(H2,43,44,55)/t21-,22-,23-,29-,30?,31?,32-/m0/s1. The molecule has 0 bridgehead atoms. The van der Waals surface area contributed by atoms with E-state index < -0.39 is 102 Å². The number of amides is 7. The zero-order valence-electron chi connectivity index (χ0n) is 32.1.